The van der Waals surface area contributed by atoms with Gasteiger partial charge in [0.05, 0.1) is 0 Å². The lowest BCUT2D eigenvalue weighted by Crippen LogP contribution is -2.46. The first kappa shape index (κ1) is 13.3. The van der Waals surface area contributed by atoms with Gasteiger partial charge in [-0.25, -0.2) is 9.97 Å². The Labute approximate surface area is 119 Å². The largest absolute Gasteiger partial charge is 0.353 e. The third-order valence-corrected chi connectivity index (χ3v) is 4.38. The lowest BCUT2D eigenvalue weighted by Gasteiger charge is -2.33. The highest BCUT2D eigenvalue weighted by Gasteiger charge is 2.28. The summed E-state index contributed by atoms with van der Waals surface area (Å²) in [5, 5.41) is 3.16. The summed E-state index contributed by atoms with van der Waals surface area (Å²) in [4.78, 5) is 23.1. The minimum atomic E-state index is 0.164. The standard InChI is InChI=1S/C15H22N4O/c1-11-5-8-16-15(17-11)19-9-6-12(7-10-19)14(20)18-13-3-2-4-13/h5,8,12-13H,2-4,6-7,9-10H2,1H3,(H,18,20). The maximum absolute atomic E-state index is 12.1. The molecule has 1 N–H and O–H groups in total. The number of aryl methyl sites for hydroxylation is 1. The number of amides is 1. The third-order valence-electron chi connectivity index (χ3n) is 4.38. The summed E-state index contributed by atoms with van der Waals surface area (Å²) in [7, 11) is 0. The van der Waals surface area contributed by atoms with Crippen LogP contribution in [-0.4, -0.2) is 35.0 Å². The molecule has 0 radical (unpaired) electrons. The lowest BCUT2D eigenvalue weighted by molar-refractivity contribution is -0.126. The van der Waals surface area contributed by atoms with Crippen molar-refractivity contribution < 1.29 is 4.79 Å². The first-order valence-corrected chi connectivity index (χ1v) is 7.57. The van der Waals surface area contributed by atoms with E-state index in [9.17, 15) is 4.79 Å². The maximum atomic E-state index is 12.1. The SMILES string of the molecule is Cc1ccnc(N2CCC(C(=O)NC3CCC3)CC2)n1. The van der Waals surface area contributed by atoms with Crippen molar-refractivity contribution in [2.45, 2.75) is 45.1 Å². The van der Waals surface area contributed by atoms with Crippen LogP contribution in [0.2, 0.25) is 0 Å². The van der Waals surface area contributed by atoms with Gasteiger partial charge in [0.2, 0.25) is 11.9 Å². The number of aromatic nitrogens is 2. The van der Waals surface area contributed by atoms with Crippen molar-refractivity contribution in [3.05, 3.63) is 18.0 Å². The van der Waals surface area contributed by atoms with Crippen LogP contribution in [0.4, 0.5) is 5.95 Å². The van der Waals surface area contributed by atoms with Crippen LogP contribution in [0.5, 0.6) is 0 Å². The molecular formula is C15H22N4O. The summed E-state index contributed by atoms with van der Waals surface area (Å²) in [6, 6.07) is 2.35. The van der Waals surface area contributed by atoms with Gasteiger partial charge in [0.1, 0.15) is 0 Å². The number of nitrogens with one attached hydrogen (secondary N) is 1. The fourth-order valence-electron chi connectivity index (χ4n) is 2.80. The third kappa shape index (κ3) is 2.92. The van der Waals surface area contributed by atoms with Crippen molar-refractivity contribution in [2.24, 2.45) is 5.92 Å². The highest BCUT2D eigenvalue weighted by atomic mass is 16.1. The molecule has 0 spiro atoms. The smallest absolute Gasteiger partial charge is 0.225 e. The molecule has 1 amide bonds. The molecule has 1 saturated carbocycles. The van der Waals surface area contributed by atoms with Crippen LogP contribution >= 0.6 is 0 Å². The molecule has 5 heteroatoms. The van der Waals surface area contributed by atoms with Gasteiger partial charge in [-0.1, -0.05) is 0 Å². The van der Waals surface area contributed by atoms with E-state index in [1.807, 2.05) is 13.0 Å². The van der Waals surface area contributed by atoms with E-state index in [0.29, 0.717) is 6.04 Å². The van der Waals surface area contributed by atoms with Gasteiger partial charge in [-0.15, -0.1) is 0 Å². The number of carbonyl (C=O) groups excluding carboxylic acids is 1. The number of piperidine rings is 1. The van der Waals surface area contributed by atoms with E-state index >= 15 is 0 Å². The average Bonchev–Trinajstić information content (AvgIpc) is 2.43. The summed E-state index contributed by atoms with van der Waals surface area (Å²) in [6.07, 6.45) is 7.16. The van der Waals surface area contributed by atoms with Crippen LogP contribution in [0.25, 0.3) is 0 Å². The predicted molar refractivity (Wildman–Crippen MR) is 77.5 cm³/mol. The molecule has 1 aromatic heterocycles. The molecule has 1 saturated heterocycles. The number of rotatable bonds is 3. The van der Waals surface area contributed by atoms with Crippen LogP contribution in [0.3, 0.4) is 0 Å². The van der Waals surface area contributed by atoms with E-state index in [1.165, 1.54) is 6.42 Å². The highest BCUT2D eigenvalue weighted by Crippen LogP contribution is 2.23. The monoisotopic (exact) mass is 274 g/mol. The summed E-state index contributed by atoms with van der Waals surface area (Å²) < 4.78 is 0. The van der Waals surface area contributed by atoms with E-state index < -0.39 is 0 Å². The molecular weight excluding hydrogens is 252 g/mol. The Bertz CT molecular complexity index is 479. The molecule has 1 aliphatic heterocycles. The quantitative estimate of drug-likeness (QED) is 0.911. The van der Waals surface area contributed by atoms with Crippen molar-refractivity contribution in [2.75, 3.05) is 18.0 Å². The highest BCUT2D eigenvalue weighted by molar-refractivity contribution is 5.79. The average molecular weight is 274 g/mol. The Balaban J connectivity index is 1.52. The topological polar surface area (TPSA) is 58.1 Å². The van der Waals surface area contributed by atoms with E-state index in [4.69, 9.17) is 0 Å². The number of nitrogens with zero attached hydrogens (tertiary/aromatic N) is 3. The Morgan fingerprint density at radius 2 is 2.05 bits per heavy atom. The minimum Gasteiger partial charge on any atom is -0.353 e. The molecule has 0 atom stereocenters. The first-order valence-electron chi connectivity index (χ1n) is 7.57. The van der Waals surface area contributed by atoms with E-state index in [2.05, 4.69) is 20.2 Å². The Kier molecular flexibility index (Phi) is 3.85. The maximum Gasteiger partial charge on any atom is 0.225 e. The van der Waals surface area contributed by atoms with Crippen LogP contribution in [0, 0.1) is 12.8 Å². The second-order valence-electron chi connectivity index (χ2n) is 5.90. The Morgan fingerprint density at radius 3 is 2.65 bits per heavy atom. The molecule has 5 nitrogen and oxygen atoms in total. The van der Waals surface area contributed by atoms with Crippen molar-refractivity contribution in [3.8, 4) is 0 Å². The first-order chi connectivity index (χ1) is 9.72. The van der Waals surface area contributed by atoms with Gasteiger partial charge in [-0.2, -0.15) is 0 Å². The zero-order valence-electron chi connectivity index (χ0n) is 12.0. The summed E-state index contributed by atoms with van der Waals surface area (Å²) in [5.41, 5.74) is 0.986. The van der Waals surface area contributed by atoms with E-state index in [1.54, 1.807) is 6.20 Å². The molecule has 0 aromatic carbocycles. The zero-order chi connectivity index (χ0) is 13.9. The van der Waals surface area contributed by atoms with Gasteiger partial charge < -0.3 is 10.2 Å². The molecule has 20 heavy (non-hydrogen) atoms. The number of anilines is 1. The normalized spacial score (nSPS) is 20.6. The molecule has 3 rings (SSSR count). The number of hydrogen-bond acceptors (Lipinski definition) is 4. The van der Waals surface area contributed by atoms with Crippen LogP contribution in [0.15, 0.2) is 12.3 Å². The molecule has 2 aliphatic rings. The van der Waals surface area contributed by atoms with Gasteiger partial charge >= 0.3 is 0 Å². The van der Waals surface area contributed by atoms with Crippen LogP contribution in [0.1, 0.15) is 37.8 Å². The van der Waals surface area contributed by atoms with Crippen molar-refractivity contribution >= 4 is 11.9 Å². The predicted octanol–water partition coefficient (Wildman–Crippen LogP) is 1.67. The molecule has 2 fully saturated rings. The minimum absolute atomic E-state index is 0.164. The fourth-order valence-corrected chi connectivity index (χ4v) is 2.80. The fraction of sp³-hybridized carbons (Fsp3) is 0.667. The van der Waals surface area contributed by atoms with Crippen molar-refractivity contribution in [1.29, 1.82) is 0 Å². The van der Waals surface area contributed by atoms with E-state index in [-0.39, 0.29) is 11.8 Å². The summed E-state index contributed by atoms with van der Waals surface area (Å²) in [5.74, 6) is 1.21. The van der Waals surface area contributed by atoms with Crippen LogP contribution in [-0.2, 0) is 4.79 Å². The van der Waals surface area contributed by atoms with Crippen molar-refractivity contribution in [3.63, 3.8) is 0 Å². The second-order valence-corrected chi connectivity index (χ2v) is 5.90. The molecule has 1 aromatic rings. The summed E-state index contributed by atoms with van der Waals surface area (Å²) in [6.45, 7) is 3.71. The second kappa shape index (κ2) is 5.77. The molecule has 108 valence electrons. The van der Waals surface area contributed by atoms with Gasteiger partial charge in [-0.3, -0.25) is 4.79 Å². The van der Waals surface area contributed by atoms with Crippen LogP contribution < -0.4 is 10.2 Å². The molecule has 0 bridgehead atoms. The molecule has 1 aliphatic carbocycles. The summed E-state index contributed by atoms with van der Waals surface area (Å²) >= 11 is 0. The van der Waals surface area contributed by atoms with E-state index in [0.717, 1.165) is 50.4 Å². The number of carbonyl (C=O) groups is 1. The molecule has 0 unspecified atom stereocenters. The zero-order valence-corrected chi connectivity index (χ0v) is 12.0. The van der Waals surface area contributed by atoms with Crippen molar-refractivity contribution in [1.82, 2.24) is 15.3 Å². The Hall–Kier alpha value is -1.65. The van der Waals surface area contributed by atoms with Gasteiger partial charge in [-0.05, 0) is 45.1 Å². The lowest BCUT2D eigenvalue weighted by atomic mass is 9.90. The van der Waals surface area contributed by atoms with Gasteiger partial charge in [0, 0.05) is 36.9 Å². The molecule has 2 heterocycles. The van der Waals surface area contributed by atoms with Gasteiger partial charge in [0.25, 0.3) is 0 Å². The Morgan fingerprint density at radius 1 is 1.30 bits per heavy atom. The van der Waals surface area contributed by atoms with Gasteiger partial charge in [0.15, 0.2) is 0 Å². The number of hydrogen-bond donors (Lipinski definition) is 1.